The number of rotatable bonds is 15. The van der Waals surface area contributed by atoms with Crippen LogP contribution in [-0.2, 0) is 17.8 Å². The molecule has 4 aromatic heterocycles. The lowest BCUT2D eigenvalue weighted by molar-refractivity contribution is -0.145. The Morgan fingerprint density at radius 3 is 2.51 bits per heavy atom. The first-order valence-electron chi connectivity index (χ1n) is 19.8. The minimum atomic E-state index is -1.37. The van der Waals surface area contributed by atoms with Gasteiger partial charge in [0.05, 0.1) is 16.1 Å². The highest BCUT2D eigenvalue weighted by atomic mass is 35.5. The van der Waals surface area contributed by atoms with E-state index in [9.17, 15) is 14.3 Å². The quantitative estimate of drug-likeness (QED) is 0.106. The van der Waals surface area contributed by atoms with Crippen LogP contribution < -0.4 is 14.2 Å². The fourth-order valence-electron chi connectivity index (χ4n) is 7.24. The van der Waals surface area contributed by atoms with E-state index in [-0.39, 0.29) is 24.7 Å². The molecule has 312 valence electrons. The van der Waals surface area contributed by atoms with Gasteiger partial charge in [0.15, 0.2) is 5.82 Å². The number of pyridine rings is 1. The highest BCUT2D eigenvalue weighted by molar-refractivity contribution is 7.22. The van der Waals surface area contributed by atoms with Crippen molar-refractivity contribution in [3.05, 3.63) is 131 Å². The number of carbonyl (C=O) groups is 1. The van der Waals surface area contributed by atoms with Gasteiger partial charge in [0, 0.05) is 73.7 Å². The molecule has 1 aliphatic rings. The third-order valence-electron chi connectivity index (χ3n) is 10.7. The molecule has 0 amide bonds. The number of hydrogen-bond donors (Lipinski definition) is 1. The molecule has 1 fully saturated rings. The Morgan fingerprint density at radius 2 is 1.72 bits per heavy atom. The Hall–Kier alpha value is -6.06. The maximum atomic E-state index is 14.2. The molecule has 1 atom stereocenters. The molecule has 12 nitrogen and oxygen atoms in total. The number of halogens is 2. The minimum absolute atomic E-state index is 0.0454. The smallest absolute Gasteiger partial charge is 0.345 e. The lowest BCUT2D eigenvalue weighted by Crippen LogP contribution is -2.45. The second-order valence-electron chi connectivity index (χ2n) is 14.8. The number of nitrogens with zero attached hydrogens (tertiary/aromatic N) is 7. The molecule has 1 aliphatic heterocycles. The van der Waals surface area contributed by atoms with Crippen molar-refractivity contribution < 1.29 is 28.5 Å². The largest absolute Gasteiger partial charge is 0.491 e. The summed E-state index contributed by atoms with van der Waals surface area (Å²) in [7, 11) is 2.13. The fraction of sp³-hybridized carbons (Fsp3) is 0.261. The van der Waals surface area contributed by atoms with Crippen molar-refractivity contribution in [1.82, 2.24) is 34.7 Å². The Balaban J connectivity index is 1.09. The van der Waals surface area contributed by atoms with E-state index in [2.05, 4.69) is 41.8 Å². The summed E-state index contributed by atoms with van der Waals surface area (Å²) in [6, 6.07) is 20.9. The first-order valence-corrected chi connectivity index (χ1v) is 21.0. The number of ether oxygens (including phenoxy) is 3. The van der Waals surface area contributed by atoms with E-state index >= 15 is 0 Å². The van der Waals surface area contributed by atoms with Crippen molar-refractivity contribution >= 4 is 39.1 Å². The van der Waals surface area contributed by atoms with E-state index in [0.717, 1.165) is 65.4 Å². The second kappa shape index (κ2) is 18.7. The summed E-state index contributed by atoms with van der Waals surface area (Å²) in [5.41, 5.74) is 5.97. The number of fused-ring (bicyclic) bond motifs is 1. The summed E-state index contributed by atoms with van der Waals surface area (Å²) in [5, 5.41) is 11.6. The summed E-state index contributed by atoms with van der Waals surface area (Å²) in [5.74, 6) is 0.0865. The van der Waals surface area contributed by atoms with Crippen molar-refractivity contribution in [1.29, 1.82) is 0 Å². The van der Waals surface area contributed by atoms with Crippen LogP contribution in [0.25, 0.3) is 43.2 Å². The van der Waals surface area contributed by atoms with Gasteiger partial charge in [0.1, 0.15) is 41.7 Å². The number of hydrogen-bond acceptors (Lipinski definition) is 12. The Morgan fingerprint density at radius 1 is 0.918 bits per heavy atom. The normalized spacial score (nSPS) is 13.9. The van der Waals surface area contributed by atoms with Crippen LogP contribution in [0.3, 0.4) is 0 Å². The highest BCUT2D eigenvalue weighted by Gasteiger charge is 2.28. The number of aliphatic carboxylic acids is 1. The van der Waals surface area contributed by atoms with Gasteiger partial charge in [-0.1, -0.05) is 48.0 Å². The highest BCUT2D eigenvalue weighted by Crippen LogP contribution is 2.49. The zero-order valence-corrected chi connectivity index (χ0v) is 35.4. The van der Waals surface area contributed by atoms with Crippen molar-refractivity contribution in [2.24, 2.45) is 0 Å². The van der Waals surface area contributed by atoms with Gasteiger partial charge in [-0.2, -0.15) is 0 Å². The number of carboxylic acid groups (broad SMARTS) is 1. The number of para-hydroxylation sites is 1. The lowest BCUT2D eigenvalue weighted by Gasteiger charge is -2.32. The van der Waals surface area contributed by atoms with Gasteiger partial charge >= 0.3 is 5.97 Å². The molecular weight excluding hydrogens is 817 g/mol. The molecule has 8 rings (SSSR count). The molecule has 0 bridgehead atoms. The van der Waals surface area contributed by atoms with E-state index < -0.39 is 12.1 Å². The van der Waals surface area contributed by atoms with Gasteiger partial charge in [0.2, 0.25) is 12.0 Å². The second-order valence-corrected chi connectivity index (χ2v) is 16.2. The predicted molar refractivity (Wildman–Crippen MR) is 234 cm³/mol. The number of carboxylic acids is 1. The maximum absolute atomic E-state index is 14.2. The summed E-state index contributed by atoms with van der Waals surface area (Å²) in [6.07, 6.45) is 5.05. The van der Waals surface area contributed by atoms with Crippen LogP contribution in [0.15, 0.2) is 97.7 Å². The van der Waals surface area contributed by atoms with Crippen LogP contribution in [-0.4, -0.2) is 98.3 Å². The summed E-state index contributed by atoms with van der Waals surface area (Å²) in [4.78, 5) is 41.4. The predicted octanol–water partition coefficient (Wildman–Crippen LogP) is 8.57. The first-order chi connectivity index (χ1) is 29.6. The van der Waals surface area contributed by atoms with Crippen molar-refractivity contribution in [2.45, 2.75) is 33.0 Å². The van der Waals surface area contributed by atoms with E-state index in [0.29, 0.717) is 56.0 Å². The van der Waals surface area contributed by atoms with Crippen LogP contribution in [0.4, 0.5) is 4.39 Å². The van der Waals surface area contributed by atoms with E-state index in [1.165, 1.54) is 29.8 Å². The topological polar surface area (TPSA) is 136 Å². The zero-order chi connectivity index (χ0) is 42.5. The number of thiophene rings is 1. The molecule has 15 heteroatoms. The average Bonchev–Trinajstić information content (AvgIpc) is 3.66. The average molecular weight is 860 g/mol. The fourth-order valence-corrected chi connectivity index (χ4v) is 8.61. The summed E-state index contributed by atoms with van der Waals surface area (Å²) < 4.78 is 33.0. The molecule has 61 heavy (non-hydrogen) atoms. The van der Waals surface area contributed by atoms with Crippen molar-refractivity contribution in [3.63, 3.8) is 0 Å². The van der Waals surface area contributed by atoms with Crippen LogP contribution in [0.2, 0.25) is 5.02 Å². The van der Waals surface area contributed by atoms with E-state index in [1.54, 1.807) is 48.9 Å². The van der Waals surface area contributed by atoms with Crippen LogP contribution in [0.1, 0.15) is 22.4 Å². The SMILES string of the molecule is Cc1ccncc1-c1nccc(COc2ccccc2C[C@@H](Oc2ncnc3sc(-c4ccc(F)cc4)c(-c4ccc(OCCN5CCN(C)CC5)c(Cl)c4C)c23)C(=O)O)n1. The molecule has 1 N–H and O–H groups in total. The van der Waals surface area contributed by atoms with Gasteiger partial charge < -0.3 is 24.2 Å². The van der Waals surface area contributed by atoms with Gasteiger partial charge in [-0.15, -0.1) is 11.3 Å². The van der Waals surface area contributed by atoms with Crippen LogP contribution in [0.5, 0.6) is 17.4 Å². The zero-order valence-electron chi connectivity index (χ0n) is 33.8. The maximum Gasteiger partial charge on any atom is 0.345 e. The minimum Gasteiger partial charge on any atom is -0.491 e. The molecule has 3 aromatic carbocycles. The Labute approximate surface area is 361 Å². The molecule has 5 heterocycles. The van der Waals surface area contributed by atoms with Crippen LogP contribution >= 0.6 is 22.9 Å². The Bertz CT molecular complexity index is 2680. The van der Waals surface area contributed by atoms with Crippen molar-refractivity contribution in [2.75, 3.05) is 46.4 Å². The number of aryl methyl sites for hydroxylation is 1. The van der Waals surface area contributed by atoms with E-state index in [1.807, 2.05) is 44.2 Å². The molecular formula is C46H43ClFN7O5S. The van der Waals surface area contributed by atoms with Gasteiger partial charge in [-0.3, -0.25) is 9.88 Å². The number of likely N-dealkylation sites (N-methyl/N-ethyl adjacent to an activating group) is 1. The molecule has 0 spiro atoms. The molecule has 7 aromatic rings. The number of benzene rings is 3. The van der Waals surface area contributed by atoms with Gasteiger partial charge in [-0.25, -0.2) is 29.1 Å². The third kappa shape index (κ3) is 9.47. The number of aromatic nitrogens is 5. The molecule has 1 saturated heterocycles. The summed E-state index contributed by atoms with van der Waals surface area (Å²) in [6.45, 7) is 9.26. The molecule has 0 saturated carbocycles. The third-order valence-corrected chi connectivity index (χ3v) is 12.3. The standard InChI is InChI=1S/C46H43ClFN7O5S/c1-28-14-16-49-25-35(28)43-50-17-15-33(53-43)26-59-36-7-5-4-6-31(36)24-38(46(56)57)60-44-40-39(42(61-45(40)52-27-51-44)30-8-10-32(48)11-9-30)34-12-13-37(41(47)29(34)2)58-23-22-55-20-18-54(3)19-21-55/h4-17,25,27,38H,18-24,26H2,1-3H3,(H,56,57)/t38-/m1/s1. The van der Waals surface area contributed by atoms with E-state index in [4.69, 9.17) is 25.8 Å². The van der Waals surface area contributed by atoms with Crippen molar-refractivity contribution in [3.8, 4) is 50.3 Å². The summed E-state index contributed by atoms with van der Waals surface area (Å²) >= 11 is 8.42. The molecule has 0 unspecified atom stereocenters. The molecule has 0 radical (unpaired) electrons. The van der Waals surface area contributed by atoms with Crippen LogP contribution in [0, 0.1) is 19.7 Å². The first kappa shape index (κ1) is 41.7. The molecule has 0 aliphatic carbocycles. The van der Waals surface area contributed by atoms with Gasteiger partial charge in [0.25, 0.3) is 0 Å². The monoisotopic (exact) mass is 859 g/mol. The Kier molecular flexibility index (Phi) is 12.8. The van der Waals surface area contributed by atoms with Gasteiger partial charge in [-0.05, 0) is 85.1 Å². The number of piperazine rings is 1. The lowest BCUT2D eigenvalue weighted by atomic mass is 9.96.